The molecule has 0 radical (unpaired) electrons. The number of benzene rings is 3. The number of fused-ring (bicyclic) bond motifs is 2. The molecular weight excluding hydrogens is 379 g/mol. The number of aromatic hydroxyl groups is 2. The van der Waals surface area contributed by atoms with E-state index in [1.807, 2.05) is 0 Å². The third kappa shape index (κ3) is 2.49. The molecule has 3 aromatic rings. The van der Waals surface area contributed by atoms with Crippen molar-refractivity contribution in [3.63, 3.8) is 0 Å². The van der Waals surface area contributed by atoms with Gasteiger partial charge in [0.15, 0.2) is 11.6 Å². The van der Waals surface area contributed by atoms with Gasteiger partial charge in [-0.3, -0.25) is 9.59 Å². The van der Waals surface area contributed by atoms with E-state index in [1.54, 1.807) is 24.3 Å². The number of hydrogen-bond acceptors (Lipinski definition) is 7. The first-order chi connectivity index (χ1) is 13.8. The van der Waals surface area contributed by atoms with Gasteiger partial charge in [0.1, 0.15) is 11.5 Å². The molecule has 0 spiro atoms. The van der Waals surface area contributed by atoms with Crippen molar-refractivity contribution < 1.29 is 28.9 Å². The highest BCUT2D eigenvalue weighted by Crippen LogP contribution is 2.45. The molecule has 146 valence electrons. The van der Waals surface area contributed by atoms with Crippen molar-refractivity contribution in [3.05, 3.63) is 64.5 Å². The Labute approximate surface area is 164 Å². The lowest BCUT2D eigenvalue weighted by molar-refractivity contribution is 0.0975. The largest absolute Gasteiger partial charge is 0.506 e. The number of phenols is 2. The third-order valence-corrected chi connectivity index (χ3v) is 4.92. The molecule has 0 atom stereocenters. The predicted molar refractivity (Wildman–Crippen MR) is 104 cm³/mol. The van der Waals surface area contributed by atoms with E-state index in [1.165, 1.54) is 13.2 Å². The molecule has 0 amide bonds. The van der Waals surface area contributed by atoms with E-state index in [0.717, 1.165) is 6.07 Å². The maximum atomic E-state index is 13.9. The molecule has 1 aliphatic rings. The first kappa shape index (κ1) is 18.3. The first-order valence-corrected chi connectivity index (χ1v) is 8.46. The van der Waals surface area contributed by atoms with E-state index in [4.69, 9.17) is 16.2 Å². The number of nitrogen functional groups attached to an aromatic ring is 2. The van der Waals surface area contributed by atoms with Gasteiger partial charge in [-0.2, -0.15) is 0 Å². The van der Waals surface area contributed by atoms with Crippen LogP contribution in [0.3, 0.4) is 0 Å². The van der Waals surface area contributed by atoms with Crippen LogP contribution in [0.15, 0.2) is 36.4 Å². The second-order valence-electron chi connectivity index (χ2n) is 6.54. The number of carbonyl (C=O) groups is 2. The minimum absolute atomic E-state index is 0.102. The molecule has 8 heteroatoms. The average molecular weight is 394 g/mol. The highest BCUT2D eigenvalue weighted by atomic mass is 19.1. The molecule has 0 bridgehead atoms. The summed E-state index contributed by atoms with van der Waals surface area (Å²) >= 11 is 0. The van der Waals surface area contributed by atoms with E-state index >= 15 is 0 Å². The number of hydrogen-bond donors (Lipinski definition) is 4. The molecule has 6 N–H and O–H groups in total. The van der Waals surface area contributed by atoms with Gasteiger partial charge in [0.25, 0.3) is 0 Å². The van der Waals surface area contributed by atoms with E-state index < -0.39 is 34.4 Å². The van der Waals surface area contributed by atoms with Gasteiger partial charge in [0.05, 0.1) is 29.4 Å². The Kier molecular flexibility index (Phi) is 3.93. The number of phenolic OH excluding ortho intramolecular Hbond substituents is 2. The zero-order valence-corrected chi connectivity index (χ0v) is 15.1. The highest BCUT2D eigenvalue weighted by molar-refractivity contribution is 6.33. The van der Waals surface area contributed by atoms with Gasteiger partial charge in [0.2, 0.25) is 11.6 Å². The molecular formula is C21H15FN2O5. The number of halogens is 1. The van der Waals surface area contributed by atoms with Crippen LogP contribution >= 0.6 is 0 Å². The summed E-state index contributed by atoms with van der Waals surface area (Å²) in [7, 11) is 1.51. The number of ether oxygens (including phenoxy) is 1. The summed E-state index contributed by atoms with van der Waals surface area (Å²) in [6.07, 6.45) is 0. The van der Waals surface area contributed by atoms with Gasteiger partial charge in [-0.1, -0.05) is 12.1 Å². The summed E-state index contributed by atoms with van der Waals surface area (Å²) in [6.45, 7) is 0. The second kappa shape index (κ2) is 6.23. The molecule has 0 unspecified atom stereocenters. The van der Waals surface area contributed by atoms with Crippen molar-refractivity contribution >= 4 is 22.9 Å². The van der Waals surface area contributed by atoms with Gasteiger partial charge in [-0.05, 0) is 23.8 Å². The van der Waals surface area contributed by atoms with Crippen LogP contribution in [-0.2, 0) is 0 Å². The SMILES string of the molecule is COc1ccc(-c2cc(N)c3c(c2O)C(=O)c2c(N)cc(F)c(O)c2C3=O)cc1. The van der Waals surface area contributed by atoms with Crippen molar-refractivity contribution in [1.82, 2.24) is 0 Å². The monoisotopic (exact) mass is 394 g/mol. The summed E-state index contributed by atoms with van der Waals surface area (Å²) in [5, 5.41) is 20.8. The molecule has 4 rings (SSSR count). The molecule has 0 fully saturated rings. The minimum atomic E-state index is -1.14. The van der Waals surface area contributed by atoms with Crippen LogP contribution in [0.4, 0.5) is 15.8 Å². The maximum Gasteiger partial charge on any atom is 0.200 e. The summed E-state index contributed by atoms with van der Waals surface area (Å²) < 4.78 is 19.0. The number of ketones is 2. The molecule has 0 aliphatic heterocycles. The van der Waals surface area contributed by atoms with E-state index in [2.05, 4.69) is 0 Å². The third-order valence-electron chi connectivity index (χ3n) is 4.92. The van der Waals surface area contributed by atoms with Crippen LogP contribution in [0.5, 0.6) is 17.2 Å². The van der Waals surface area contributed by atoms with Crippen LogP contribution in [0.25, 0.3) is 11.1 Å². The van der Waals surface area contributed by atoms with Gasteiger partial charge in [0, 0.05) is 23.0 Å². The van der Waals surface area contributed by atoms with E-state index in [9.17, 15) is 24.2 Å². The van der Waals surface area contributed by atoms with Crippen molar-refractivity contribution in [2.24, 2.45) is 0 Å². The van der Waals surface area contributed by atoms with Gasteiger partial charge in [-0.15, -0.1) is 0 Å². The molecule has 1 aliphatic carbocycles. The second-order valence-corrected chi connectivity index (χ2v) is 6.54. The Balaban J connectivity index is 2.00. The summed E-state index contributed by atoms with van der Waals surface area (Å²) in [4.78, 5) is 26.0. The summed E-state index contributed by atoms with van der Waals surface area (Å²) in [6, 6.07) is 8.71. The van der Waals surface area contributed by atoms with Gasteiger partial charge in [-0.25, -0.2) is 4.39 Å². The highest BCUT2D eigenvalue weighted by Gasteiger charge is 2.39. The number of carbonyl (C=O) groups excluding carboxylic acids is 2. The van der Waals surface area contributed by atoms with Crippen molar-refractivity contribution in [2.45, 2.75) is 0 Å². The predicted octanol–water partition coefficient (Wildman–Crippen LogP) is 2.85. The molecule has 0 aromatic heterocycles. The zero-order valence-electron chi connectivity index (χ0n) is 15.1. The van der Waals surface area contributed by atoms with Gasteiger partial charge >= 0.3 is 0 Å². The van der Waals surface area contributed by atoms with Crippen LogP contribution in [0.2, 0.25) is 0 Å². The van der Waals surface area contributed by atoms with Crippen molar-refractivity contribution in [2.75, 3.05) is 18.6 Å². The molecule has 29 heavy (non-hydrogen) atoms. The Bertz CT molecular complexity index is 1220. The molecule has 0 heterocycles. The Morgan fingerprint density at radius 2 is 1.34 bits per heavy atom. The molecule has 0 saturated heterocycles. The maximum absolute atomic E-state index is 13.9. The van der Waals surface area contributed by atoms with Crippen LogP contribution in [0.1, 0.15) is 31.8 Å². The lowest BCUT2D eigenvalue weighted by atomic mass is 9.80. The van der Waals surface area contributed by atoms with Crippen LogP contribution in [0, 0.1) is 5.82 Å². The molecule has 3 aromatic carbocycles. The van der Waals surface area contributed by atoms with Gasteiger partial charge < -0.3 is 26.4 Å². The number of rotatable bonds is 2. The molecule has 7 nitrogen and oxygen atoms in total. The molecule has 0 saturated carbocycles. The fourth-order valence-electron chi connectivity index (χ4n) is 3.52. The van der Waals surface area contributed by atoms with Crippen molar-refractivity contribution in [1.29, 1.82) is 0 Å². The van der Waals surface area contributed by atoms with Crippen LogP contribution in [-0.4, -0.2) is 28.9 Å². The zero-order chi connectivity index (χ0) is 21.0. The summed E-state index contributed by atoms with van der Waals surface area (Å²) in [5.74, 6) is -3.73. The lowest BCUT2D eigenvalue weighted by Gasteiger charge is -2.23. The van der Waals surface area contributed by atoms with E-state index in [0.29, 0.717) is 11.3 Å². The average Bonchev–Trinajstić information content (AvgIpc) is 2.70. The fourth-order valence-corrected chi connectivity index (χ4v) is 3.52. The number of methoxy groups -OCH3 is 1. The quantitative estimate of drug-likeness (QED) is 0.303. The Morgan fingerprint density at radius 1 is 0.828 bits per heavy atom. The number of anilines is 2. The smallest absolute Gasteiger partial charge is 0.200 e. The Morgan fingerprint density at radius 3 is 1.90 bits per heavy atom. The lowest BCUT2D eigenvalue weighted by Crippen LogP contribution is -2.24. The Hall–Kier alpha value is -4.07. The van der Waals surface area contributed by atoms with Crippen LogP contribution < -0.4 is 16.2 Å². The first-order valence-electron chi connectivity index (χ1n) is 8.46. The van der Waals surface area contributed by atoms with E-state index in [-0.39, 0.29) is 33.6 Å². The number of nitrogens with two attached hydrogens (primary N) is 2. The standard InChI is InChI=1S/C21H15FN2O5/c1-29-9-4-2-8(3-5-9)10-6-12(23)14-16(18(10)25)20(27)15-13(24)7-11(22)19(26)17(15)21(14)28/h2-7,25-26H,23-24H2,1H3. The van der Waals surface area contributed by atoms with Crippen molar-refractivity contribution in [3.8, 4) is 28.4 Å². The summed E-state index contributed by atoms with van der Waals surface area (Å²) in [5.41, 5.74) is 10.5. The minimum Gasteiger partial charge on any atom is -0.506 e. The topological polar surface area (TPSA) is 136 Å². The normalized spacial score (nSPS) is 12.5. The fraction of sp³-hybridized carbons (Fsp3) is 0.0476.